The number of nitrogens with zero attached hydrogens (tertiary/aromatic N) is 3. The Morgan fingerprint density at radius 1 is 1.41 bits per heavy atom. The normalized spacial score (nSPS) is 32.2. The zero-order chi connectivity index (χ0) is 23.2. The number of aliphatic hydroxyl groups is 1. The van der Waals surface area contributed by atoms with Crippen LogP contribution in [-0.2, 0) is 16.0 Å². The number of fused-ring (bicyclic) bond motifs is 2. The van der Waals surface area contributed by atoms with E-state index in [-0.39, 0.29) is 46.8 Å². The lowest BCUT2D eigenvalue weighted by Gasteiger charge is -2.53. The van der Waals surface area contributed by atoms with Crippen LogP contribution in [0, 0.1) is 40.4 Å². The molecule has 2 N–H and O–H groups in total. The highest BCUT2D eigenvalue weighted by molar-refractivity contribution is 7.15. The van der Waals surface area contributed by atoms with E-state index in [2.05, 4.69) is 25.2 Å². The van der Waals surface area contributed by atoms with Crippen molar-refractivity contribution in [3.63, 3.8) is 0 Å². The zero-order valence-electron chi connectivity index (χ0n) is 19.4. The molecule has 1 aromatic rings. The fourth-order valence-corrected chi connectivity index (χ4v) is 7.28. The Bertz CT molecular complexity index is 936. The summed E-state index contributed by atoms with van der Waals surface area (Å²) in [4.78, 5) is 32.7. The minimum absolute atomic E-state index is 0.00390. The Morgan fingerprint density at radius 2 is 2.12 bits per heavy atom. The van der Waals surface area contributed by atoms with Gasteiger partial charge in [0.15, 0.2) is 5.13 Å². The van der Waals surface area contributed by atoms with Gasteiger partial charge in [-0.25, -0.2) is 4.98 Å². The summed E-state index contributed by atoms with van der Waals surface area (Å²) in [5.41, 5.74) is 0.940. The van der Waals surface area contributed by atoms with Crippen LogP contribution in [0.5, 0.6) is 0 Å². The first-order valence-corrected chi connectivity index (χ1v) is 12.6. The maximum atomic E-state index is 12.9. The average molecular weight is 459 g/mol. The van der Waals surface area contributed by atoms with Crippen LogP contribution in [0.4, 0.5) is 5.13 Å². The van der Waals surface area contributed by atoms with E-state index in [9.17, 15) is 14.7 Å². The van der Waals surface area contributed by atoms with E-state index < -0.39 is 6.10 Å². The molecule has 2 fully saturated rings. The number of thiazole rings is 1. The van der Waals surface area contributed by atoms with Gasteiger partial charge >= 0.3 is 0 Å². The second-order valence-corrected chi connectivity index (χ2v) is 11.5. The highest BCUT2D eigenvalue weighted by Gasteiger charge is 2.54. The third-order valence-electron chi connectivity index (χ3n) is 8.07. The largest absolute Gasteiger partial charge is 0.392 e. The van der Waals surface area contributed by atoms with Crippen molar-refractivity contribution in [1.82, 2.24) is 9.88 Å². The molecule has 1 aromatic heterocycles. The van der Waals surface area contributed by atoms with E-state index in [0.717, 1.165) is 37.8 Å². The topological polar surface area (TPSA) is 106 Å². The van der Waals surface area contributed by atoms with Gasteiger partial charge in [0.2, 0.25) is 11.8 Å². The van der Waals surface area contributed by atoms with Crippen molar-refractivity contribution in [3.8, 4) is 6.07 Å². The molecule has 0 radical (unpaired) electrons. The molecule has 7 nitrogen and oxygen atoms in total. The van der Waals surface area contributed by atoms with Gasteiger partial charge in [0.25, 0.3) is 0 Å². The molecule has 3 aliphatic rings. The number of rotatable bonds is 6. The molecule has 0 unspecified atom stereocenters. The summed E-state index contributed by atoms with van der Waals surface area (Å²) in [7, 11) is 1.73. The molecule has 1 heterocycles. The number of amides is 2. The molecule has 2 amide bonds. The summed E-state index contributed by atoms with van der Waals surface area (Å²) in [6.07, 6.45) is 4.25. The molecule has 0 aromatic carbocycles. The fourth-order valence-electron chi connectivity index (χ4n) is 6.01. The van der Waals surface area contributed by atoms with Crippen molar-refractivity contribution in [1.29, 1.82) is 5.26 Å². The third-order valence-corrected chi connectivity index (χ3v) is 9.05. The van der Waals surface area contributed by atoms with Gasteiger partial charge in [0, 0.05) is 36.2 Å². The summed E-state index contributed by atoms with van der Waals surface area (Å²) >= 11 is 1.58. The third kappa shape index (κ3) is 4.17. The van der Waals surface area contributed by atoms with Crippen LogP contribution in [0.25, 0.3) is 0 Å². The molecular weight excluding hydrogens is 424 g/mol. The predicted molar refractivity (Wildman–Crippen MR) is 123 cm³/mol. The number of carbonyl (C=O) groups is 2. The van der Waals surface area contributed by atoms with Gasteiger partial charge in [-0.2, -0.15) is 5.26 Å². The van der Waals surface area contributed by atoms with E-state index in [0.29, 0.717) is 18.1 Å². The molecule has 2 saturated carbocycles. The van der Waals surface area contributed by atoms with Crippen LogP contribution in [0.1, 0.15) is 69.4 Å². The summed E-state index contributed by atoms with van der Waals surface area (Å²) in [5.74, 6) is -0.125. The molecule has 4 rings (SSSR count). The van der Waals surface area contributed by atoms with E-state index >= 15 is 0 Å². The highest BCUT2D eigenvalue weighted by Crippen LogP contribution is 2.57. The summed E-state index contributed by atoms with van der Waals surface area (Å²) < 4.78 is 0. The fraction of sp³-hybridized carbons (Fsp3) is 0.750. The Kier molecular flexibility index (Phi) is 6.34. The van der Waals surface area contributed by atoms with E-state index in [1.165, 1.54) is 4.88 Å². The molecule has 6 atom stereocenters. The zero-order valence-corrected chi connectivity index (χ0v) is 20.2. The molecule has 3 aliphatic carbocycles. The molecular formula is C24H34N4O3S. The number of anilines is 1. The van der Waals surface area contributed by atoms with Crippen molar-refractivity contribution in [3.05, 3.63) is 10.6 Å². The molecule has 8 heteroatoms. The number of hydrogen-bond donors (Lipinski definition) is 2. The smallest absolute Gasteiger partial charge is 0.229 e. The maximum Gasteiger partial charge on any atom is 0.229 e. The lowest BCUT2D eigenvalue weighted by Crippen LogP contribution is -2.53. The predicted octanol–water partition coefficient (Wildman–Crippen LogP) is 3.55. The molecule has 0 bridgehead atoms. The molecule has 174 valence electrons. The first kappa shape index (κ1) is 23.2. The average Bonchev–Trinajstić information content (AvgIpc) is 3.52. The maximum absolute atomic E-state index is 12.9. The Hall–Kier alpha value is -1.98. The number of aromatic nitrogens is 1. The quantitative estimate of drug-likeness (QED) is 0.678. The standard InChI is InChI=1S/C24H34N4O3S/c1-13(22(31)28(4)11-5-10-25)16-8-9-24(3)12-17-19(14(2)18(24)20(16)29)26-23(32-17)27-21(30)15-6-7-15/h13-16,18,20,29H,5-9,11-12H2,1-4H3,(H,26,27,30)/t13-,14-,16-,18+,20-,24-/m0/s1. The minimum atomic E-state index is -0.591. The van der Waals surface area contributed by atoms with Crippen molar-refractivity contribution >= 4 is 28.3 Å². The summed E-state index contributed by atoms with van der Waals surface area (Å²) in [5, 5.41) is 24.0. The number of hydrogen-bond acceptors (Lipinski definition) is 6. The Balaban J connectivity index is 1.52. The van der Waals surface area contributed by atoms with Gasteiger partial charge in [-0.15, -0.1) is 11.3 Å². The van der Waals surface area contributed by atoms with E-state index in [4.69, 9.17) is 10.2 Å². The van der Waals surface area contributed by atoms with Gasteiger partial charge in [-0.05, 0) is 49.4 Å². The van der Waals surface area contributed by atoms with Crippen LogP contribution in [0.15, 0.2) is 0 Å². The monoisotopic (exact) mass is 458 g/mol. The van der Waals surface area contributed by atoms with E-state index in [1.54, 1.807) is 23.3 Å². The SMILES string of the molecule is C[C@H](C(=O)N(C)CCC#N)[C@@H]1CC[C@@]2(C)Cc3sc(NC(=O)C4CC4)nc3[C@@H](C)[C@@H]2[C@H]1O. The van der Waals surface area contributed by atoms with Gasteiger partial charge in [0.05, 0.1) is 24.3 Å². The Labute approximate surface area is 194 Å². The number of carbonyl (C=O) groups excluding carboxylic acids is 2. The first-order valence-electron chi connectivity index (χ1n) is 11.8. The molecule has 0 saturated heterocycles. The van der Waals surface area contributed by atoms with Gasteiger partial charge in [-0.3, -0.25) is 9.59 Å². The van der Waals surface area contributed by atoms with Crippen LogP contribution in [-0.4, -0.2) is 46.5 Å². The number of nitrogens with one attached hydrogen (secondary N) is 1. The first-order chi connectivity index (χ1) is 15.2. The molecule has 0 spiro atoms. The van der Waals surface area contributed by atoms with Crippen LogP contribution < -0.4 is 5.32 Å². The summed E-state index contributed by atoms with van der Waals surface area (Å²) in [6, 6.07) is 2.09. The van der Waals surface area contributed by atoms with Gasteiger partial charge < -0.3 is 15.3 Å². The summed E-state index contributed by atoms with van der Waals surface area (Å²) in [6.45, 7) is 6.71. The molecule has 32 heavy (non-hydrogen) atoms. The van der Waals surface area contributed by atoms with Crippen molar-refractivity contribution in [2.45, 2.75) is 71.3 Å². The van der Waals surface area contributed by atoms with Crippen molar-refractivity contribution < 1.29 is 14.7 Å². The van der Waals surface area contributed by atoms with Gasteiger partial charge in [0.1, 0.15) is 0 Å². The van der Waals surface area contributed by atoms with E-state index in [1.807, 2.05) is 6.92 Å². The number of nitriles is 1. The molecule has 0 aliphatic heterocycles. The second-order valence-electron chi connectivity index (χ2n) is 10.4. The van der Waals surface area contributed by atoms with Crippen molar-refractivity contribution in [2.24, 2.45) is 29.1 Å². The second kappa shape index (κ2) is 8.75. The van der Waals surface area contributed by atoms with Gasteiger partial charge in [-0.1, -0.05) is 20.8 Å². The number of aliphatic hydroxyl groups excluding tert-OH is 1. The van der Waals surface area contributed by atoms with Crippen molar-refractivity contribution in [2.75, 3.05) is 18.9 Å². The van der Waals surface area contributed by atoms with Crippen LogP contribution >= 0.6 is 11.3 Å². The minimum Gasteiger partial charge on any atom is -0.392 e. The lowest BCUT2D eigenvalue weighted by atomic mass is 9.53. The Morgan fingerprint density at radius 3 is 2.78 bits per heavy atom. The highest BCUT2D eigenvalue weighted by atomic mass is 32.1. The lowest BCUT2D eigenvalue weighted by molar-refractivity contribution is -0.143. The van der Waals surface area contributed by atoms with Crippen LogP contribution in [0.2, 0.25) is 0 Å². The van der Waals surface area contributed by atoms with Crippen LogP contribution in [0.3, 0.4) is 0 Å².